The summed E-state index contributed by atoms with van der Waals surface area (Å²) >= 11 is 0. The molecule has 7 heteroatoms. The number of rotatable bonds is 5. The standard InChI is InChI=1S/C17H21N5O2/c18-17(24)13-5-6-15(21-8-2-1-3-9-21)14(11-13)20-16(23)12-22-10-4-7-19-22/h4-7,10-11H,1-3,8-9,12H2,(H2,18,24)(H,20,23). The molecule has 0 radical (unpaired) electrons. The zero-order chi connectivity index (χ0) is 16.9. The molecule has 1 fully saturated rings. The minimum atomic E-state index is -0.511. The lowest BCUT2D eigenvalue weighted by atomic mass is 10.1. The normalized spacial score (nSPS) is 14.4. The Hall–Kier alpha value is -2.83. The number of carbonyl (C=O) groups is 2. The van der Waals surface area contributed by atoms with E-state index in [1.807, 2.05) is 6.07 Å². The molecule has 0 atom stereocenters. The molecule has 24 heavy (non-hydrogen) atoms. The number of hydrogen-bond acceptors (Lipinski definition) is 4. The second-order valence-corrected chi connectivity index (χ2v) is 5.90. The predicted molar refractivity (Wildman–Crippen MR) is 91.9 cm³/mol. The molecule has 0 saturated carbocycles. The molecular weight excluding hydrogens is 306 g/mol. The highest BCUT2D eigenvalue weighted by Gasteiger charge is 2.17. The van der Waals surface area contributed by atoms with Crippen molar-refractivity contribution in [2.24, 2.45) is 5.73 Å². The zero-order valence-electron chi connectivity index (χ0n) is 13.4. The van der Waals surface area contributed by atoms with E-state index < -0.39 is 5.91 Å². The number of nitrogens with one attached hydrogen (secondary N) is 1. The van der Waals surface area contributed by atoms with Crippen LogP contribution in [0.1, 0.15) is 29.6 Å². The van der Waals surface area contributed by atoms with E-state index in [0.717, 1.165) is 31.6 Å². The van der Waals surface area contributed by atoms with Crippen LogP contribution in [0.25, 0.3) is 0 Å². The Labute approximate surface area is 140 Å². The Balaban J connectivity index is 1.83. The van der Waals surface area contributed by atoms with Crippen molar-refractivity contribution in [1.82, 2.24) is 9.78 Å². The molecular formula is C17H21N5O2. The molecule has 7 nitrogen and oxygen atoms in total. The number of aromatic nitrogens is 2. The van der Waals surface area contributed by atoms with Crippen molar-refractivity contribution in [2.45, 2.75) is 25.8 Å². The van der Waals surface area contributed by atoms with Crippen LogP contribution >= 0.6 is 0 Å². The highest BCUT2D eigenvalue weighted by molar-refractivity contribution is 5.99. The number of anilines is 2. The second kappa shape index (κ2) is 7.16. The molecule has 1 saturated heterocycles. The minimum Gasteiger partial charge on any atom is -0.370 e. The first-order valence-corrected chi connectivity index (χ1v) is 8.09. The molecule has 1 aromatic carbocycles. The minimum absolute atomic E-state index is 0.118. The van der Waals surface area contributed by atoms with Crippen molar-refractivity contribution in [3.63, 3.8) is 0 Å². The topological polar surface area (TPSA) is 93.3 Å². The van der Waals surface area contributed by atoms with Crippen LogP contribution in [0.5, 0.6) is 0 Å². The molecule has 1 aliphatic heterocycles. The first-order valence-electron chi connectivity index (χ1n) is 8.09. The van der Waals surface area contributed by atoms with Gasteiger partial charge in [0.05, 0.1) is 11.4 Å². The summed E-state index contributed by atoms with van der Waals surface area (Å²) in [6.45, 7) is 2.00. The fourth-order valence-corrected chi connectivity index (χ4v) is 2.93. The van der Waals surface area contributed by atoms with Crippen molar-refractivity contribution >= 4 is 23.2 Å². The Kier molecular flexibility index (Phi) is 4.79. The molecule has 0 bridgehead atoms. The fourth-order valence-electron chi connectivity index (χ4n) is 2.93. The van der Waals surface area contributed by atoms with E-state index in [4.69, 9.17) is 5.73 Å². The van der Waals surface area contributed by atoms with Crippen molar-refractivity contribution in [3.8, 4) is 0 Å². The van der Waals surface area contributed by atoms with Gasteiger partial charge in [0.1, 0.15) is 6.54 Å². The van der Waals surface area contributed by atoms with Crippen LogP contribution in [-0.2, 0) is 11.3 Å². The van der Waals surface area contributed by atoms with Gasteiger partial charge in [-0.1, -0.05) is 0 Å². The van der Waals surface area contributed by atoms with Gasteiger partial charge < -0.3 is 16.0 Å². The van der Waals surface area contributed by atoms with E-state index in [1.54, 1.807) is 35.3 Å². The smallest absolute Gasteiger partial charge is 0.248 e. The highest BCUT2D eigenvalue weighted by Crippen LogP contribution is 2.29. The van der Waals surface area contributed by atoms with Crippen molar-refractivity contribution in [2.75, 3.05) is 23.3 Å². The first kappa shape index (κ1) is 16.0. The lowest BCUT2D eigenvalue weighted by Crippen LogP contribution is -2.31. The lowest BCUT2D eigenvalue weighted by Gasteiger charge is -2.30. The number of amides is 2. The van der Waals surface area contributed by atoms with Gasteiger partial charge >= 0.3 is 0 Å². The van der Waals surface area contributed by atoms with Gasteiger partial charge in [0, 0.05) is 31.0 Å². The number of hydrogen-bond donors (Lipinski definition) is 2. The Morgan fingerprint density at radius 3 is 2.67 bits per heavy atom. The molecule has 1 aromatic heterocycles. The van der Waals surface area contributed by atoms with E-state index in [1.165, 1.54) is 6.42 Å². The van der Waals surface area contributed by atoms with Crippen LogP contribution in [-0.4, -0.2) is 34.7 Å². The molecule has 3 rings (SSSR count). The maximum absolute atomic E-state index is 12.3. The summed E-state index contributed by atoms with van der Waals surface area (Å²) in [4.78, 5) is 26.0. The van der Waals surface area contributed by atoms with Gasteiger partial charge in [-0.05, 0) is 43.5 Å². The zero-order valence-corrected chi connectivity index (χ0v) is 13.4. The van der Waals surface area contributed by atoms with Crippen molar-refractivity contribution in [3.05, 3.63) is 42.2 Å². The average molecular weight is 327 g/mol. The van der Waals surface area contributed by atoms with Crippen molar-refractivity contribution in [1.29, 1.82) is 0 Å². The van der Waals surface area contributed by atoms with E-state index >= 15 is 0 Å². The van der Waals surface area contributed by atoms with Gasteiger partial charge in [0.15, 0.2) is 0 Å². The summed E-state index contributed by atoms with van der Waals surface area (Å²) in [7, 11) is 0. The van der Waals surface area contributed by atoms with E-state index in [9.17, 15) is 9.59 Å². The van der Waals surface area contributed by atoms with Crippen LogP contribution < -0.4 is 16.0 Å². The Morgan fingerprint density at radius 1 is 1.21 bits per heavy atom. The molecule has 1 aliphatic rings. The second-order valence-electron chi connectivity index (χ2n) is 5.90. The number of benzene rings is 1. The first-order chi connectivity index (χ1) is 11.6. The average Bonchev–Trinajstić information content (AvgIpc) is 3.08. The van der Waals surface area contributed by atoms with Gasteiger partial charge in [-0.15, -0.1) is 0 Å². The Bertz CT molecular complexity index is 721. The maximum Gasteiger partial charge on any atom is 0.248 e. The maximum atomic E-state index is 12.3. The fraction of sp³-hybridized carbons (Fsp3) is 0.353. The van der Waals surface area contributed by atoms with E-state index in [-0.39, 0.29) is 12.5 Å². The van der Waals surface area contributed by atoms with Crippen LogP contribution in [0, 0.1) is 0 Å². The summed E-state index contributed by atoms with van der Waals surface area (Å²) in [5.41, 5.74) is 7.29. The quantitative estimate of drug-likeness (QED) is 0.872. The summed E-state index contributed by atoms with van der Waals surface area (Å²) in [6.07, 6.45) is 6.82. The molecule has 126 valence electrons. The molecule has 0 aliphatic carbocycles. The van der Waals surface area contributed by atoms with Crippen LogP contribution in [0.3, 0.4) is 0 Å². The van der Waals surface area contributed by atoms with Gasteiger partial charge in [0.2, 0.25) is 11.8 Å². The third-order valence-electron chi connectivity index (χ3n) is 4.12. The summed E-state index contributed by atoms with van der Waals surface area (Å²) in [6, 6.07) is 6.97. The number of carbonyl (C=O) groups excluding carboxylic acids is 2. The van der Waals surface area contributed by atoms with Crippen LogP contribution in [0.4, 0.5) is 11.4 Å². The highest BCUT2D eigenvalue weighted by atomic mass is 16.2. The van der Waals surface area contributed by atoms with Crippen LogP contribution in [0.15, 0.2) is 36.7 Å². The van der Waals surface area contributed by atoms with Gasteiger partial charge in [-0.25, -0.2) is 0 Å². The summed E-state index contributed by atoms with van der Waals surface area (Å²) in [5, 5.41) is 6.92. The SMILES string of the molecule is NC(=O)c1ccc(N2CCCCC2)c(NC(=O)Cn2cccn2)c1. The molecule has 2 amide bonds. The predicted octanol–water partition coefficient (Wildman–Crippen LogP) is 1.61. The summed E-state index contributed by atoms with van der Waals surface area (Å²) in [5.74, 6) is -0.707. The molecule has 0 spiro atoms. The summed E-state index contributed by atoms with van der Waals surface area (Å²) < 4.78 is 1.55. The number of primary amides is 1. The molecule has 2 heterocycles. The largest absolute Gasteiger partial charge is 0.370 e. The van der Waals surface area contributed by atoms with Gasteiger partial charge in [-0.3, -0.25) is 14.3 Å². The number of nitrogens with zero attached hydrogens (tertiary/aromatic N) is 3. The Morgan fingerprint density at radius 2 is 2.00 bits per heavy atom. The third kappa shape index (κ3) is 3.73. The third-order valence-corrected chi connectivity index (χ3v) is 4.12. The number of piperidine rings is 1. The van der Waals surface area contributed by atoms with Gasteiger partial charge in [0.25, 0.3) is 0 Å². The van der Waals surface area contributed by atoms with E-state index in [2.05, 4.69) is 15.3 Å². The monoisotopic (exact) mass is 327 g/mol. The molecule has 3 N–H and O–H groups in total. The molecule has 2 aromatic rings. The lowest BCUT2D eigenvalue weighted by molar-refractivity contribution is -0.116. The van der Waals surface area contributed by atoms with Crippen LogP contribution in [0.2, 0.25) is 0 Å². The number of nitrogens with two attached hydrogens (primary N) is 1. The van der Waals surface area contributed by atoms with Crippen molar-refractivity contribution < 1.29 is 9.59 Å². The van der Waals surface area contributed by atoms with E-state index in [0.29, 0.717) is 11.3 Å². The molecule has 0 unspecified atom stereocenters. The van der Waals surface area contributed by atoms with Gasteiger partial charge in [-0.2, -0.15) is 5.10 Å².